The van der Waals surface area contributed by atoms with Crippen LogP contribution < -0.4 is 15.4 Å². The van der Waals surface area contributed by atoms with E-state index < -0.39 is 0 Å². The molecule has 6 bridgehead atoms. The van der Waals surface area contributed by atoms with Gasteiger partial charge in [0.2, 0.25) is 5.91 Å². The summed E-state index contributed by atoms with van der Waals surface area (Å²) >= 11 is 0. The normalized spacial score (nSPS) is 18.4. The lowest BCUT2D eigenvalue weighted by Gasteiger charge is -2.30. The van der Waals surface area contributed by atoms with Crippen LogP contribution in [0.15, 0.2) is 60.9 Å². The monoisotopic (exact) mass is 544 g/mol. The lowest BCUT2D eigenvalue weighted by Crippen LogP contribution is -2.42. The average molecular weight is 545 g/mol. The van der Waals surface area contributed by atoms with Crippen LogP contribution >= 0.6 is 0 Å². The molecule has 1 amide bonds. The maximum absolute atomic E-state index is 12.6. The van der Waals surface area contributed by atoms with Gasteiger partial charge in [-0.2, -0.15) is 0 Å². The molecule has 1 fully saturated rings. The van der Waals surface area contributed by atoms with Gasteiger partial charge in [-0.15, -0.1) is 0 Å². The number of rotatable bonds is 3. The SMILES string of the molecule is O=C1CCN(CCN2CCOCC2)Cc2cccc(c2)Cc2cc(ncn2)Nc2cccc(c2)OCCCCN1. The van der Waals surface area contributed by atoms with E-state index in [9.17, 15) is 4.79 Å². The number of morpholine rings is 1. The highest BCUT2D eigenvalue weighted by atomic mass is 16.5. The van der Waals surface area contributed by atoms with Gasteiger partial charge in [0, 0.05) is 76.5 Å². The second-order valence-electron chi connectivity index (χ2n) is 10.4. The van der Waals surface area contributed by atoms with Gasteiger partial charge < -0.3 is 20.1 Å². The Hall–Kier alpha value is -3.53. The van der Waals surface area contributed by atoms with E-state index >= 15 is 0 Å². The summed E-state index contributed by atoms with van der Waals surface area (Å²) in [6.45, 7) is 8.20. The quantitative estimate of drug-likeness (QED) is 0.517. The van der Waals surface area contributed by atoms with Crippen molar-refractivity contribution in [1.82, 2.24) is 25.1 Å². The number of nitrogens with zero attached hydrogens (tertiary/aromatic N) is 4. The fourth-order valence-corrected chi connectivity index (χ4v) is 5.05. The Balaban J connectivity index is 1.31. The Morgan fingerprint density at radius 3 is 2.62 bits per heavy atom. The number of hydrogen-bond acceptors (Lipinski definition) is 8. The molecule has 0 aliphatic carbocycles. The van der Waals surface area contributed by atoms with Gasteiger partial charge in [0.05, 0.1) is 25.5 Å². The highest BCUT2D eigenvalue weighted by Crippen LogP contribution is 2.22. The zero-order chi connectivity index (χ0) is 27.4. The summed E-state index contributed by atoms with van der Waals surface area (Å²) in [6.07, 6.45) is 4.56. The third-order valence-corrected chi connectivity index (χ3v) is 7.27. The minimum absolute atomic E-state index is 0.103. The topological polar surface area (TPSA) is 91.9 Å². The first kappa shape index (κ1) is 28.0. The lowest BCUT2D eigenvalue weighted by molar-refractivity contribution is -0.121. The van der Waals surface area contributed by atoms with E-state index in [0.29, 0.717) is 26.0 Å². The number of aromatic nitrogens is 2. The van der Waals surface area contributed by atoms with Crippen LogP contribution in [-0.4, -0.2) is 84.8 Å². The molecule has 0 spiro atoms. The van der Waals surface area contributed by atoms with Crippen molar-refractivity contribution < 1.29 is 14.3 Å². The number of fused-ring (bicyclic) bond motifs is 6. The number of carbonyl (C=O) groups is 1. The van der Waals surface area contributed by atoms with Crippen molar-refractivity contribution in [2.24, 2.45) is 0 Å². The molecule has 2 aromatic carbocycles. The minimum atomic E-state index is 0.103. The van der Waals surface area contributed by atoms with Gasteiger partial charge >= 0.3 is 0 Å². The van der Waals surface area contributed by atoms with Crippen molar-refractivity contribution in [3.63, 3.8) is 0 Å². The molecule has 2 aliphatic rings. The van der Waals surface area contributed by atoms with E-state index in [0.717, 1.165) is 88.3 Å². The van der Waals surface area contributed by atoms with Gasteiger partial charge in [-0.3, -0.25) is 14.6 Å². The summed E-state index contributed by atoms with van der Waals surface area (Å²) in [7, 11) is 0. The van der Waals surface area contributed by atoms with Gasteiger partial charge in [-0.1, -0.05) is 30.3 Å². The van der Waals surface area contributed by atoms with Gasteiger partial charge in [0.15, 0.2) is 0 Å². The molecule has 0 atom stereocenters. The summed E-state index contributed by atoms with van der Waals surface area (Å²) < 4.78 is 11.5. The summed E-state index contributed by atoms with van der Waals surface area (Å²) in [6, 6.07) is 18.6. The van der Waals surface area contributed by atoms with Crippen molar-refractivity contribution in [3.05, 3.63) is 77.7 Å². The second kappa shape index (κ2) is 14.7. The fourth-order valence-electron chi connectivity index (χ4n) is 5.05. The zero-order valence-corrected chi connectivity index (χ0v) is 23.2. The Kier molecular flexibility index (Phi) is 10.3. The van der Waals surface area contributed by atoms with Crippen LogP contribution in [0.1, 0.15) is 36.1 Å². The van der Waals surface area contributed by atoms with E-state index in [1.54, 1.807) is 6.33 Å². The zero-order valence-electron chi connectivity index (χ0n) is 23.2. The third kappa shape index (κ3) is 9.01. The van der Waals surface area contributed by atoms with Crippen molar-refractivity contribution in [2.45, 2.75) is 32.2 Å². The van der Waals surface area contributed by atoms with E-state index in [1.807, 2.05) is 30.3 Å². The van der Waals surface area contributed by atoms with Gasteiger partial charge in [0.25, 0.3) is 0 Å². The second-order valence-corrected chi connectivity index (χ2v) is 10.4. The van der Waals surface area contributed by atoms with Gasteiger partial charge in [-0.05, 0) is 36.1 Å². The molecule has 40 heavy (non-hydrogen) atoms. The van der Waals surface area contributed by atoms with Crippen LogP contribution in [0.25, 0.3) is 0 Å². The maximum Gasteiger partial charge on any atom is 0.221 e. The van der Waals surface area contributed by atoms with Crippen LogP contribution in [0, 0.1) is 0 Å². The molecule has 9 heteroatoms. The molecular formula is C31H40N6O3. The summed E-state index contributed by atoms with van der Waals surface area (Å²) in [4.78, 5) is 26.4. The van der Waals surface area contributed by atoms with Crippen LogP contribution in [0.5, 0.6) is 5.75 Å². The predicted molar refractivity (Wildman–Crippen MR) is 156 cm³/mol. The molecule has 0 saturated carbocycles. The number of benzene rings is 2. The molecule has 2 N–H and O–H groups in total. The van der Waals surface area contributed by atoms with Crippen LogP contribution in [0.3, 0.4) is 0 Å². The summed E-state index contributed by atoms with van der Waals surface area (Å²) in [5.74, 6) is 1.66. The third-order valence-electron chi connectivity index (χ3n) is 7.27. The number of nitrogens with one attached hydrogen (secondary N) is 2. The molecule has 0 radical (unpaired) electrons. The molecule has 9 nitrogen and oxygen atoms in total. The molecule has 212 valence electrons. The highest BCUT2D eigenvalue weighted by molar-refractivity contribution is 5.76. The van der Waals surface area contributed by atoms with Crippen molar-refractivity contribution >= 4 is 17.4 Å². The standard InChI is InChI=1S/C31H40N6O3/c38-31-9-11-37(13-12-36-14-17-39-18-15-36)23-26-6-3-5-25(19-26)20-28-22-30(34-24-33-28)35-27-7-4-8-29(21-27)40-16-2-1-10-32-31/h3-8,19,21-22,24H,1-2,9-18,20,23H2,(H,32,38)(H,33,34,35). The Morgan fingerprint density at radius 2 is 1.70 bits per heavy atom. The fraction of sp³-hybridized carbons (Fsp3) is 0.452. The van der Waals surface area contributed by atoms with Crippen LogP contribution in [0.4, 0.5) is 11.5 Å². The van der Waals surface area contributed by atoms with Gasteiger partial charge in [0.1, 0.15) is 17.9 Å². The van der Waals surface area contributed by atoms with Gasteiger partial charge in [-0.25, -0.2) is 9.97 Å². The smallest absolute Gasteiger partial charge is 0.221 e. The molecule has 1 aromatic heterocycles. The summed E-state index contributed by atoms with van der Waals surface area (Å²) in [5.41, 5.74) is 4.30. The first-order valence-corrected chi connectivity index (χ1v) is 14.4. The molecular weight excluding hydrogens is 504 g/mol. The highest BCUT2D eigenvalue weighted by Gasteiger charge is 2.15. The van der Waals surface area contributed by atoms with E-state index in [4.69, 9.17) is 9.47 Å². The summed E-state index contributed by atoms with van der Waals surface area (Å²) in [5, 5.41) is 6.47. The molecule has 3 heterocycles. The largest absolute Gasteiger partial charge is 0.494 e. The first-order valence-electron chi connectivity index (χ1n) is 14.4. The molecule has 0 unspecified atom stereocenters. The van der Waals surface area contributed by atoms with E-state index in [-0.39, 0.29) is 5.91 Å². The number of amides is 1. The van der Waals surface area contributed by atoms with E-state index in [2.05, 4.69) is 54.7 Å². The lowest BCUT2D eigenvalue weighted by atomic mass is 10.1. The van der Waals surface area contributed by atoms with E-state index in [1.165, 1.54) is 11.1 Å². The van der Waals surface area contributed by atoms with Crippen LogP contribution in [-0.2, 0) is 22.5 Å². The Labute approximate surface area is 236 Å². The number of hydrogen-bond donors (Lipinski definition) is 2. The number of ether oxygens (including phenoxy) is 2. The maximum atomic E-state index is 12.6. The van der Waals surface area contributed by atoms with Crippen LogP contribution in [0.2, 0.25) is 0 Å². The number of anilines is 2. The molecule has 3 aromatic rings. The minimum Gasteiger partial charge on any atom is -0.494 e. The molecule has 2 aliphatic heterocycles. The molecule has 1 saturated heterocycles. The Morgan fingerprint density at radius 1 is 0.850 bits per heavy atom. The molecule has 5 rings (SSSR count). The first-order chi connectivity index (χ1) is 19.7. The predicted octanol–water partition coefficient (Wildman–Crippen LogP) is 3.62. The number of carbonyl (C=O) groups excluding carboxylic acids is 1. The van der Waals surface area contributed by atoms with Crippen molar-refractivity contribution in [1.29, 1.82) is 0 Å². The average Bonchev–Trinajstić information content (AvgIpc) is 2.97. The Bertz CT molecular complexity index is 1230. The van der Waals surface area contributed by atoms with Crippen molar-refractivity contribution in [2.75, 3.05) is 64.4 Å². The van der Waals surface area contributed by atoms with Crippen molar-refractivity contribution in [3.8, 4) is 5.75 Å².